The number of hydrogen-bond donors (Lipinski definition) is 2. The summed E-state index contributed by atoms with van der Waals surface area (Å²) in [5.74, 6) is 0. The molecule has 11 heavy (non-hydrogen) atoms. The summed E-state index contributed by atoms with van der Waals surface area (Å²) in [7, 11) is 0. The topological polar surface area (TPSA) is 74.6 Å². The van der Waals surface area contributed by atoms with Crippen molar-refractivity contribution in [1.82, 2.24) is 0 Å². The summed E-state index contributed by atoms with van der Waals surface area (Å²) >= 11 is 0.997. The first kappa shape index (κ1) is 13.7. The molecule has 0 saturated carbocycles. The molecule has 2 N–H and O–H groups in total. The van der Waals surface area contributed by atoms with Crippen LogP contribution >= 0.6 is 11.6 Å². The summed E-state index contributed by atoms with van der Waals surface area (Å²) in [5.41, 5.74) is 0.0851. The van der Waals surface area contributed by atoms with Gasteiger partial charge in [0.15, 0.2) is 0 Å². The molecule has 1 atom stereocenters. The fourth-order valence-corrected chi connectivity index (χ4v) is 2.16. The average Bonchev–Trinajstić information content (AvgIpc) is 1.58. The molecule has 0 saturated heterocycles. The van der Waals surface area contributed by atoms with E-state index >= 15 is 0 Å². The molecule has 0 aromatic rings. The molecule has 0 radical (unpaired) electrons. The summed E-state index contributed by atoms with van der Waals surface area (Å²) in [5, 5.41) is 7.69. The van der Waals surface area contributed by atoms with Crippen LogP contribution in [0.3, 0.4) is 0 Å². The van der Waals surface area contributed by atoms with Gasteiger partial charge in [-0.3, -0.25) is 0 Å². The molecule has 1 unspecified atom stereocenters. The Hall–Kier alpha value is 0.0784. The van der Waals surface area contributed by atoms with Crippen LogP contribution in [0.25, 0.3) is 0 Å². The van der Waals surface area contributed by atoms with Crippen LogP contribution in [0.2, 0.25) is 10.9 Å². The van der Waals surface area contributed by atoms with Gasteiger partial charge in [-0.15, -0.1) is 0 Å². The molecule has 0 aliphatic carbocycles. The van der Waals surface area contributed by atoms with Crippen LogP contribution in [0.4, 0.5) is 4.79 Å². The number of carboxylic acid groups (broad SMARTS) is 1. The van der Waals surface area contributed by atoms with E-state index in [1.54, 1.807) is 0 Å². The Morgan fingerprint density at radius 1 is 1.64 bits per heavy atom. The minimum absolute atomic E-state index is 0.512. The predicted molar refractivity (Wildman–Crippen MR) is 43.5 cm³/mol. The van der Waals surface area contributed by atoms with Gasteiger partial charge in [0.05, 0.1) is 0 Å². The molecule has 0 heterocycles. The molecule has 0 amide bonds. The molecule has 0 aromatic heterocycles. The maximum Gasteiger partial charge on any atom is 0.401 e. The Balaban J connectivity index is 0. The average molecular weight is 247 g/mol. The van der Waals surface area contributed by atoms with E-state index in [1.807, 2.05) is 6.92 Å². The van der Waals surface area contributed by atoms with Crippen molar-refractivity contribution in [2.75, 3.05) is 0 Å². The van der Waals surface area contributed by atoms with E-state index in [2.05, 4.69) is 11.6 Å². The van der Waals surface area contributed by atoms with Crippen LogP contribution in [0.1, 0.15) is 13.3 Å². The van der Waals surface area contributed by atoms with Gasteiger partial charge in [-0.1, -0.05) is 0 Å². The molecule has 0 aliphatic heterocycles. The fourth-order valence-electron chi connectivity index (χ4n) is 0.415. The van der Waals surface area contributed by atoms with E-state index in [4.69, 9.17) is 14.0 Å². The Kier molecular flexibility index (Phi) is 8.40. The monoisotopic (exact) mass is 246 g/mol. The molecular weight excluding hydrogens is 234 g/mol. The first-order valence-corrected chi connectivity index (χ1v) is 8.16. The Morgan fingerprint density at radius 3 is 1.91 bits per heavy atom. The van der Waals surface area contributed by atoms with E-state index in [9.17, 15) is 3.74 Å². The summed E-state index contributed by atoms with van der Waals surface area (Å²) < 4.78 is 19.1. The van der Waals surface area contributed by atoms with Gasteiger partial charge in [0.2, 0.25) is 0 Å². The Morgan fingerprint density at radius 2 is 1.91 bits per heavy atom. The van der Waals surface area contributed by atoms with Gasteiger partial charge in [0, 0.05) is 11.6 Å². The Bertz CT molecular complexity index is 149. The van der Waals surface area contributed by atoms with Crippen molar-refractivity contribution >= 4 is 30.9 Å². The van der Waals surface area contributed by atoms with E-state index < -0.39 is 19.3 Å². The van der Waals surface area contributed by atoms with Crippen LogP contribution < -0.4 is 0 Å². The quantitative estimate of drug-likeness (QED) is 0.575. The maximum atomic E-state index is 10.4. The first-order valence-electron chi connectivity index (χ1n) is 2.97. The number of halogens is 1. The smallest absolute Gasteiger partial charge is 0.401 e. The van der Waals surface area contributed by atoms with Crippen molar-refractivity contribution in [2.45, 2.75) is 24.3 Å². The van der Waals surface area contributed by atoms with Crippen molar-refractivity contribution in [3.8, 4) is 0 Å². The summed E-state index contributed by atoms with van der Waals surface area (Å²) in [6.45, 7) is 1.91. The number of rotatable bonds is 2. The predicted octanol–water partition coefficient (Wildman–Crippen LogP) is 1.79. The second-order valence-corrected chi connectivity index (χ2v) is 7.70. The van der Waals surface area contributed by atoms with Crippen LogP contribution in [0.15, 0.2) is 0 Å². The van der Waals surface area contributed by atoms with Crippen molar-refractivity contribution < 1.29 is 17.7 Å². The van der Waals surface area contributed by atoms with Gasteiger partial charge in [0.25, 0.3) is 0 Å². The number of carbonyl (C=O) groups is 1. The van der Waals surface area contributed by atoms with E-state index in [0.717, 1.165) is 6.42 Å². The second-order valence-electron chi connectivity index (χ2n) is 2.03. The molecule has 0 aliphatic rings. The van der Waals surface area contributed by atoms with Gasteiger partial charge >= 0.3 is 51.4 Å². The van der Waals surface area contributed by atoms with Crippen LogP contribution in [0.5, 0.6) is 0 Å². The molecular formula is C5H12AsClO4. The second kappa shape index (κ2) is 6.77. The van der Waals surface area contributed by atoms with Gasteiger partial charge in [0.1, 0.15) is 0 Å². The molecule has 68 valence electrons. The SMILES string of the molecule is CCC[As](C)(=O)O.O=C(O)Cl. The van der Waals surface area contributed by atoms with E-state index in [1.165, 1.54) is 5.71 Å². The van der Waals surface area contributed by atoms with Crippen molar-refractivity contribution in [3.63, 3.8) is 0 Å². The number of hydrogen-bond acceptors (Lipinski definition) is 2. The van der Waals surface area contributed by atoms with Crippen LogP contribution in [-0.2, 0) is 3.74 Å². The third-order valence-electron chi connectivity index (χ3n) is 0.639. The normalized spacial score (nSPS) is 14.2. The zero-order chi connectivity index (χ0) is 9.49. The van der Waals surface area contributed by atoms with Gasteiger partial charge < -0.3 is 5.11 Å². The van der Waals surface area contributed by atoms with Crippen molar-refractivity contribution in [1.29, 1.82) is 0 Å². The molecule has 0 fully saturated rings. The first-order chi connectivity index (χ1) is 4.79. The van der Waals surface area contributed by atoms with Gasteiger partial charge in [-0.25, -0.2) is 4.79 Å². The van der Waals surface area contributed by atoms with Crippen molar-refractivity contribution in [3.05, 3.63) is 0 Å². The standard InChI is InChI=1S/C4H11AsO2.CHClO2/c1-3-4-5(2,6)7;2-1(3)4/h3-4H2,1-2H3,(H,6,7);(H,3,4). The van der Waals surface area contributed by atoms with E-state index in [-0.39, 0.29) is 0 Å². The van der Waals surface area contributed by atoms with E-state index in [0.29, 0.717) is 5.21 Å². The van der Waals surface area contributed by atoms with Crippen LogP contribution in [0, 0.1) is 0 Å². The van der Waals surface area contributed by atoms with Gasteiger partial charge in [-0.2, -0.15) is 0 Å². The summed E-state index contributed by atoms with van der Waals surface area (Å²) in [4.78, 5) is 8.77. The zero-order valence-corrected chi connectivity index (χ0v) is 9.08. The van der Waals surface area contributed by atoms with Crippen molar-refractivity contribution in [2.24, 2.45) is 0 Å². The minimum atomic E-state index is -3.19. The zero-order valence-electron chi connectivity index (χ0n) is 6.45. The minimum Gasteiger partial charge on any atom is -0.469 e. The maximum absolute atomic E-state index is 10.4. The molecule has 0 bridgehead atoms. The van der Waals surface area contributed by atoms with Gasteiger partial charge in [-0.05, 0) is 0 Å². The third kappa shape index (κ3) is 39.5. The molecule has 4 nitrogen and oxygen atoms in total. The third-order valence-corrected chi connectivity index (χ3v) is 3.32. The molecule has 0 rings (SSSR count). The largest absolute Gasteiger partial charge is 0.469 e. The molecule has 0 spiro atoms. The molecule has 6 heteroatoms. The van der Waals surface area contributed by atoms with Crippen LogP contribution in [-0.4, -0.2) is 28.5 Å². The Labute approximate surface area is 73.2 Å². The summed E-state index contributed by atoms with van der Waals surface area (Å²) in [6.07, 6.45) is 0.823. The molecule has 0 aromatic carbocycles. The fraction of sp³-hybridized carbons (Fsp3) is 0.800. The summed E-state index contributed by atoms with van der Waals surface area (Å²) in [6, 6.07) is 0.